The Kier molecular flexibility index (Phi) is 8.52. The highest BCUT2D eigenvalue weighted by Gasteiger charge is 2.44. The van der Waals surface area contributed by atoms with E-state index >= 15 is 0 Å². The predicted molar refractivity (Wildman–Crippen MR) is 131 cm³/mol. The van der Waals surface area contributed by atoms with Gasteiger partial charge >= 0.3 is 0 Å². The SMILES string of the molecule is CN=C(NCc1cc(F)ccc1CS(C)(=O)=O)NCC1(c2ccc(Cl)cc2)CC1.I. The fourth-order valence-corrected chi connectivity index (χ4v) is 4.33. The minimum absolute atomic E-state index is 0. The summed E-state index contributed by atoms with van der Waals surface area (Å²) in [6, 6.07) is 12.1. The molecule has 0 aliphatic heterocycles. The minimum atomic E-state index is -3.22. The van der Waals surface area contributed by atoms with Gasteiger partial charge in [-0.1, -0.05) is 29.8 Å². The van der Waals surface area contributed by atoms with E-state index in [1.54, 1.807) is 7.05 Å². The normalized spacial score (nSPS) is 15.3. The molecule has 30 heavy (non-hydrogen) atoms. The summed E-state index contributed by atoms with van der Waals surface area (Å²) in [6.45, 7) is 0.990. The molecule has 0 atom stereocenters. The Morgan fingerprint density at radius 1 is 1.13 bits per heavy atom. The molecule has 0 amide bonds. The highest BCUT2D eigenvalue weighted by Crippen LogP contribution is 2.47. The summed E-state index contributed by atoms with van der Waals surface area (Å²) in [5, 5.41) is 7.21. The van der Waals surface area contributed by atoms with Crippen molar-refractivity contribution in [1.29, 1.82) is 0 Å². The number of sulfone groups is 1. The van der Waals surface area contributed by atoms with Crippen LogP contribution in [0.15, 0.2) is 47.5 Å². The van der Waals surface area contributed by atoms with Crippen LogP contribution in [0, 0.1) is 5.82 Å². The molecule has 164 valence electrons. The highest BCUT2D eigenvalue weighted by molar-refractivity contribution is 14.0. The van der Waals surface area contributed by atoms with Crippen LogP contribution < -0.4 is 10.6 Å². The van der Waals surface area contributed by atoms with Gasteiger partial charge in [0.05, 0.1) is 5.75 Å². The van der Waals surface area contributed by atoms with E-state index in [1.165, 1.54) is 30.0 Å². The van der Waals surface area contributed by atoms with Crippen molar-refractivity contribution < 1.29 is 12.8 Å². The Morgan fingerprint density at radius 3 is 2.37 bits per heavy atom. The standard InChI is InChI=1S/C21H25ClFN3O2S.HI/c1-24-20(26-14-21(9-10-21)17-4-6-18(22)7-5-17)25-12-16-11-19(23)8-3-15(16)13-29(2,27)28;/h3-8,11H,9-10,12-14H2,1-2H3,(H2,24,25,26);1H. The van der Waals surface area contributed by atoms with Crippen LogP contribution >= 0.6 is 35.6 Å². The van der Waals surface area contributed by atoms with Gasteiger partial charge in [-0.2, -0.15) is 0 Å². The van der Waals surface area contributed by atoms with Crippen LogP contribution in [0.1, 0.15) is 29.5 Å². The van der Waals surface area contributed by atoms with Gasteiger partial charge < -0.3 is 10.6 Å². The third-order valence-electron chi connectivity index (χ3n) is 5.16. The number of aliphatic imine (C=N–C) groups is 1. The van der Waals surface area contributed by atoms with E-state index in [0.717, 1.165) is 17.9 Å². The largest absolute Gasteiger partial charge is 0.356 e. The second kappa shape index (κ2) is 10.3. The van der Waals surface area contributed by atoms with E-state index in [-0.39, 0.29) is 41.7 Å². The van der Waals surface area contributed by atoms with Gasteiger partial charge in [0.2, 0.25) is 0 Å². The summed E-state index contributed by atoms with van der Waals surface area (Å²) in [4.78, 5) is 4.23. The molecule has 9 heteroatoms. The number of rotatable bonds is 7. The summed E-state index contributed by atoms with van der Waals surface area (Å²) in [5.74, 6) is 0.0530. The first kappa shape index (κ1) is 24.9. The lowest BCUT2D eigenvalue weighted by Gasteiger charge is -2.19. The van der Waals surface area contributed by atoms with Gasteiger partial charge in [-0.05, 0) is 53.8 Å². The quantitative estimate of drug-likeness (QED) is 0.302. The molecule has 0 saturated heterocycles. The molecule has 1 aliphatic rings. The summed E-state index contributed by atoms with van der Waals surface area (Å²) >= 11 is 5.99. The highest BCUT2D eigenvalue weighted by atomic mass is 127. The Hall–Kier alpha value is -1.39. The summed E-state index contributed by atoms with van der Waals surface area (Å²) in [5.41, 5.74) is 2.49. The van der Waals surface area contributed by atoms with E-state index in [9.17, 15) is 12.8 Å². The van der Waals surface area contributed by atoms with Crippen molar-refractivity contribution >= 4 is 51.4 Å². The van der Waals surface area contributed by atoms with Crippen LogP contribution in [0.4, 0.5) is 4.39 Å². The van der Waals surface area contributed by atoms with Gasteiger partial charge in [0.1, 0.15) is 5.82 Å². The van der Waals surface area contributed by atoms with E-state index < -0.39 is 15.7 Å². The van der Waals surface area contributed by atoms with Gasteiger partial charge in [0.25, 0.3) is 0 Å². The molecular weight excluding hydrogens is 540 g/mol. The second-order valence-corrected chi connectivity index (χ2v) is 10.1. The average molecular weight is 566 g/mol. The lowest BCUT2D eigenvalue weighted by molar-refractivity contribution is 0.599. The van der Waals surface area contributed by atoms with Crippen molar-refractivity contribution in [3.05, 3.63) is 70.0 Å². The lowest BCUT2D eigenvalue weighted by atomic mass is 9.96. The van der Waals surface area contributed by atoms with Gasteiger partial charge in [-0.15, -0.1) is 24.0 Å². The van der Waals surface area contributed by atoms with E-state index in [0.29, 0.717) is 23.6 Å². The number of nitrogens with one attached hydrogen (secondary N) is 2. The third kappa shape index (κ3) is 6.81. The Balaban J connectivity index is 0.00000320. The first-order valence-corrected chi connectivity index (χ1v) is 11.8. The molecule has 2 N–H and O–H groups in total. The van der Waals surface area contributed by atoms with E-state index in [1.807, 2.05) is 12.1 Å². The zero-order valence-corrected chi connectivity index (χ0v) is 20.8. The predicted octanol–water partition coefficient (Wildman–Crippen LogP) is 4.04. The molecule has 0 spiro atoms. The number of nitrogens with zero attached hydrogens (tertiary/aromatic N) is 1. The number of benzene rings is 2. The summed E-state index contributed by atoms with van der Waals surface area (Å²) < 4.78 is 37.0. The van der Waals surface area contributed by atoms with Crippen molar-refractivity contribution in [3.63, 3.8) is 0 Å². The molecule has 1 fully saturated rings. The van der Waals surface area contributed by atoms with Crippen LogP contribution in [0.25, 0.3) is 0 Å². The van der Waals surface area contributed by atoms with Gasteiger partial charge in [0.15, 0.2) is 15.8 Å². The zero-order valence-electron chi connectivity index (χ0n) is 16.9. The molecule has 0 bridgehead atoms. The Labute approximate surface area is 199 Å². The van der Waals surface area contributed by atoms with Gasteiger partial charge in [-0.25, -0.2) is 12.8 Å². The van der Waals surface area contributed by atoms with Crippen LogP contribution in [0.5, 0.6) is 0 Å². The van der Waals surface area contributed by atoms with Crippen LogP contribution in [-0.2, 0) is 27.5 Å². The number of hydrogen-bond donors (Lipinski definition) is 2. The van der Waals surface area contributed by atoms with Crippen molar-refractivity contribution in [2.45, 2.75) is 30.6 Å². The monoisotopic (exact) mass is 565 g/mol. The second-order valence-electron chi connectivity index (χ2n) is 7.55. The van der Waals surface area contributed by atoms with E-state index in [2.05, 4.69) is 27.8 Å². The van der Waals surface area contributed by atoms with Gasteiger partial charge in [0, 0.05) is 36.8 Å². The van der Waals surface area contributed by atoms with Crippen molar-refractivity contribution in [1.82, 2.24) is 10.6 Å². The van der Waals surface area contributed by atoms with Crippen molar-refractivity contribution in [2.75, 3.05) is 19.8 Å². The molecule has 5 nitrogen and oxygen atoms in total. The average Bonchev–Trinajstić information content (AvgIpc) is 3.44. The molecule has 1 aliphatic carbocycles. The summed E-state index contributed by atoms with van der Waals surface area (Å²) in [7, 11) is -1.55. The zero-order chi connectivity index (χ0) is 21.1. The number of hydrogen-bond acceptors (Lipinski definition) is 3. The minimum Gasteiger partial charge on any atom is -0.356 e. The molecule has 2 aromatic carbocycles. The molecule has 0 aromatic heterocycles. The van der Waals surface area contributed by atoms with Crippen LogP contribution in [0.3, 0.4) is 0 Å². The third-order valence-corrected chi connectivity index (χ3v) is 6.25. The molecule has 2 aromatic rings. The molecule has 0 heterocycles. The van der Waals surface area contributed by atoms with Crippen molar-refractivity contribution in [2.24, 2.45) is 4.99 Å². The van der Waals surface area contributed by atoms with Crippen LogP contribution in [0.2, 0.25) is 5.02 Å². The fraction of sp³-hybridized carbons (Fsp3) is 0.381. The first-order valence-electron chi connectivity index (χ1n) is 9.36. The molecular formula is C21H26ClFIN3O2S. The molecule has 0 radical (unpaired) electrons. The Morgan fingerprint density at radius 2 is 1.80 bits per heavy atom. The molecule has 1 saturated carbocycles. The maximum Gasteiger partial charge on any atom is 0.191 e. The van der Waals surface area contributed by atoms with Gasteiger partial charge in [-0.3, -0.25) is 4.99 Å². The molecule has 3 rings (SSSR count). The molecule has 0 unspecified atom stereocenters. The van der Waals surface area contributed by atoms with E-state index in [4.69, 9.17) is 11.6 Å². The Bertz CT molecular complexity index is 1010. The first-order chi connectivity index (χ1) is 13.7. The number of halogens is 3. The van der Waals surface area contributed by atoms with Crippen molar-refractivity contribution in [3.8, 4) is 0 Å². The summed E-state index contributed by atoms with van der Waals surface area (Å²) in [6.07, 6.45) is 3.34. The van der Waals surface area contributed by atoms with Crippen LogP contribution in [-0.4, -0.2) is 34.2 Å². The number of guanidine groups is 1. The lowest BCUT2D eigenvalue weighted by Crippen LogP contribution is -2.41. The maximum atomic E-state index is 13.7. The smallest absolute Gasteiger partial charge is 0.191 e. The fourth-order valence-electron chi connectivity index (χ4n) is 3.36. The topological polar surface area (TPSA) is 70.6 Å². The maximum absolute atomic E-state index is 13.7.